The molecule has 0 aliphatic rings. The summed E-state index contributed by atoms with van der Waals surface area (Å²) in [4.78, 5) is 21.1. The van der Waals surface area contributed by atoms with Crippen LogP contribution in [0.25, 0.3) is 0 Å². The number of carbonyl (C=O) groups is 2. The second-order valence-electron chi connectivity index (χ2n) is 3.27. The molecule has 0 saturated carbocycles. The van der Waals surface area contributed by atoms with Gasteiger partial charge in [-0.05, 0) is 6.42 Å². The third kappa shape index (κ3) is 15.0. The van der Waals surface area contributed by atoms with Crippen LogP contribution in [0.4, 0.5) is 9.59 Å². The smallest absolute Gasteiger partial charge is 0.406 e. The second kappa shape index (κ2) is 11.6. The molecule has 0 heterocycles. The van der Waals surface area contributed by atoms with Crippen molar-refractivity contribution < 1.29 is 19.4 Å². The molecular weight excluding hydrogens is 212 g/mol. The number of hydrogen-bond donors (Lipinski definition) is 2. The van der Waals surface area contributed by atoms with Crippen molar-refractivity contribution in [3.8, 4) is 0 Å². The molecule has 0 atom stereocenters. The normalized spacial score (nSPS) is 8.50. The lowest BCUT2D eigenvalue weighted by molar-refractivity contribution is 0.146. The molecule has 0 aromatic heterocycles. The van der Waals surface area contributed by atoms with Crippen molar-refractivity contribution in [2.24, 2.45) is 0 Å². The summed E-state index contributed by atoms with van der Waals surface area (Å²) in [6.45, 7) is 2.65. The van der Waals surface area contributed by atoms with Crippen LogP contribution in [-0.2, 0) is 4.74 Å². The molecule has 0 saturated heterocycles. The Labute approximate surface area is 96.6 Å². The molecule has 6 heteroatoms. The van der Waals surface area contributed by atoms with Crippen LogP contribution in [0.3, 0.4) is 0 Å². The van der Waals surface area contributed by atoms with E-state index in [2.05, 4.69) is 12.2 Å². The lowest BCUT2D eigenvalue weighted by atomic mass is 10.3. The summed E-state index contributed by atoms with van der Waals surface area (Å²) in [6, 6.07) is 0. The number of amides is 2. The third-order valence-electron chi connectivity index (χ3n) is 1.57. The van der Waals surface area contributed by atoms with Gasteiger partial charge in [0.25, 0.3) is 0 Å². The largest absolute Gasteiger partial charge is 0.465 e. The molecule has 96 valence electrons. The zero-order valence-electron chi connectivity index (χ0n) is 10.4. The molecular formula is C10H22N2O4. The minimum absolute atomic E-state index is 0.337. The van der Waals surface area contributed by atoms with E-state index in [4.69, 9.17) is 9.84 Å². The van der Waals surface area contributed by atoms with Gasteiger partial charge in [-0.15, -0.1) is 0 Å². The second-order valence-corrected chi connectivity index (χ2v) is 3.27. The average Bonchev–Trinajstić information content (AvgIpc) is 2.24. The van der Waals surface area contributed by atoms with Crippen molar-refractivity contribution in [2.45, 2.75) is 26.2 Å². The number of hydrogen-bond acceptors (Lipinski definition) is 3. The molecule has 0 rings (SSSR count). The number of carboxylic acid groups (broad SMARTS) is 1. The number of unbranched alkanes of at least 4 members (excludes halogenated alkanes) is 2. The Balaban J connectivity index is 0. The Morgan fingerprint density at radius 2 is 1.81 bits per heavy atom. The monoisotopic (exact) mass is 234 g/mol. The van der Waals surface area contributed by atoms with E-state index < -0.39 is 6.09 Å². The van der Waals surface area contributed by atoms with Crippen LogP contribution >= 0.6 is 0 Å². The molecule has 0 unspecified atom stereocenters. The Morgan fingerprint density at radius 1 is 1.31 bits per heavy atom. The van der Waals surface area contributed by atoms with E-state index in [9.17, 15) is 9.59 Å². The standard InChI is InChI=1S/C7H15NO2.C3H7NO2/c1-3-4-5-6-10-7(9)8-2;1-4(2)3(5)6/h3-6H2,1-2H3,(H,8,9);1-2H3,(H,5,6). The molecule has 16 heavy (non-hydrogen) atoms. The van der Waals surface area contributed by atoms with E-state index in [-0.39, 0.29) is 6.09 Å². The van der Waals surface area contributed by atoms with Crippen molar-refractivity contribution in [1.82, 2.24) is 10.2 Å². The Morgan fingerprint density at radius 3 is 2.12 bits per heavy atom. The summed E-state index contributed by atoms with van der Waals surface area (Å²) in [6.07, 6.45) is 1.99. The predicted octanol–water partition coefficient (Wildman–Crippen LogP) is 1.76. The molecule has 6 nitrogen and oxygen atoms in total. The van der Waals surface area contributed by atoms with Crippen LogP contribution in [0.15, 0.2) is 0 Å². The van der Waals surface area contributed by atoms with Crippen molar-refractivity contribution in [3.05, 3.63) is 0 Å². The van der Waals surface area contributed by atoms with E-state index in [1.807, 2.05) is 0 Å². The number of ether oxygens (including phenoxy) is 1. The topological polar surface area (TPSA) is 78.9 Å². The predicted molar refractivity (Wildman–Crippen MR) is 61.6 cm³/mol. The van der Waals surface area contributed by atoms with E-state index >= 15 is 0 Å². The quantitative estimate of drug-likeness (QED) is 0.726. The zero-order valence-corrected chi connectivity index (χ0v) is 10.4. The van der Waals surface area contributed by atoms with Crippen LogP contribution in [0, 0.1) is 0 Å². The maximum Gasteiger partial charge on any atom is 0.406 e. The van der Waals surface area contributed by atoms with E-state index in [0.717, 1.165) is 24.2 Å². The molecule has 0 aliphatic carbocycles. The summed E-state index contributed by atoms with van der Waals surface area (Å²) < 4.78 is 4.74. The molecule has 0 aromatic carbocycles. The first kappa shape index (κ1) is 17.0. The molecule has 0 spiro atoms. The number of carbonyl (C=O) groups excluding carboxylic acids is 1. The first-order valence-corrected chi connectivity index (χ1v) is 5.20. The SMILES string of the molecule is CCCCCOC(=O)NC.CN(C)C(=O)O. The summed E-state index contributed by atoms with van der Waals surface area (Å²) in [5, 5.41) is 10.3. The van der Waals surface area contributed by atoms with Gasteiger partial charge < -0.3 is 20.1 Å². The maximum absolute atomic E-state index is 10.4. The minimum atomic E-state index is -0.907. The lowest BCUT2D eigenvalue weighted by Crippen LogP contribution is -2.19. The molecule has 0 aliphatic heterocycles. The Kier molecular flexibility index (Phi) is 12.3. The van der Waals surface area contributed by atoms with E-state index in [1.165, 1.54) is 14.1 Å². The van der Waals surface area contributed by atoms with Crippen molar-refractivity contribution in [2.75, 3.05) is 27.7 Å². The van der Waals surface area contributed by atoms with Crippen LogP contribution in [0.5, 0.6) is 0 Å². The van der Waals surface area contributed by atoms with Gasteiger partial charge in [0.2, 0.25) is 0 Å². The molecule has 0 fully saturated rings. The van der Waals surface area contributed by atoms with E-state index in [0.29, 0.717) is 6.61 Å². The molecule has 0 aromatic rings. The van der Waals surface area contributed by atoms with Gasteiger partial charge in [0.1, 0.15) is 0 Å². The molecule has 2 amide bonds. The highest BCUT2D eigenvalue weighted by Crippen LogP contribution is 1.93. The highest BCUT2D eigenvalue weighted by molar-refractivity contribution is 5.66. The van der Waals surface area contributed by atoms with Gasteiger partial charge in [0.15, 0.2) is 0 Å². The summed E-state index contributed by atoms with van der Waals surface area (Å²) in [7, 11) is 4.51. The summed E-state index contributed by atoms with van der Waals surface area (Å²) in [5.74, 6) is 0. The first-order valence-electron chi connectivity index (χ1n) is 5.20. The minimum Gasteiger partial charge on any atom is -0.465 e. The van der Waals surface area contributed by atoms with Gasteiger partial charge in [0.05, 0.1) is 6.61 Å². The highest BCUT2D eigenvalue weighted by Gasteiger charge is 1.94. The van der Waals surface area contributed by atoms with Gasteiger partial charge in [0, 0.05) is 21.1 Å². The van der Waals surface area contributed by atoms with Crippen molar-refractivity contribution in [1.29, 1.82) is 0 Å². The lowest BCUT2D eigenvalue weighted by Gasteiger charge is -2.01. The Bertz CT molecular complexity index is 195. The first-order chi connectivity index (χ1) is 7.45. The fraction of sp³-hybridized carbons (Fsp3) is 0.800. The third-order valence-corrected chi connectivity index (χ3v) is 1.57. The van der Waals surface area contributed by atoms with Gasteiger partial charge in [-0.2, -0.15) is 0 Å². The van der Waals surface area contributed by atoms with Gasteiger partial charge >= 0.3 is 12.2 Å². The molecule has 2 N–H and O–H groups in total. The maximum atomic E-state index is 10.4. The van der Waals surface area contributed by atoms with Crippen LogP contribution in [0.1, 0.15) is 26.2 Å². The number of nitrogens with zero attached hydrogens (tertiary/aromatic N) is 1. The van der Waals surface area contributed by atoms with Gasteiger partial charge in [-0.1, -0.05) is 19.8 Å². The number of alkyl carbamates (subject to hydrolysis) is 1. The van der Waals surface area contributed by atoms with Crippen molar-refractivity contribution in [3.63, 3.8) is 0 Å². The van der Waals surface area contributed by atoms with Crippen molar-refractivity contribution >= 4 is 12.2 Å². The van der Waals surface area contributed by atoms with E-state index in [1.54, 1.807) is 7.05 Å². The zero-order chi connectivity index (χ0) is 13.0. The summed E-state index contributed by atoms with van der Waals surface area (Å²) >= 11 is 0. The fourth-order valence-electron chi connectivity index (χ4n) is 0.589. The van der Waals surface area contributed by atoms with Crippen LogP contribution in [0.2, 0.25) is 0 Å². The fourth-order valence-corrected chi connectivity index (χ4v) is 0.589. The van der Waals surface area contributed by atoms with Crippen LogP contribution in [-0.4, -0.2) is 49.9 Å². The molecule has 0 bridgehead atoms. The average molecular weight is 234 g/mol. The van der Waals surface area contributed by atoms with Crippen LogP contribution < -0.4 is 5.32 Å². The number of rotatable bonds is 4. The molecule has 0 radical (unpaired) electrons. The Hall–Kier alpha value is -1.46. The number of nitrogens with one attached hydrogen (secondary N) is 1. The van der Waals surface area contributed by atoms with Gasteiger partial charge in [-0.25, -0.2) is 9.59 Å². The summed E-state index contributed by atoms with van der Waals surface area (Å²) in [5.41, 5.74) is 0. The van der Waals surface area contributed by atoms with Gasteiger partial charge in [-0.3, -0.25) is 0 Å². The highest BCUT2D eigenvalue weighted by atomic mass is 16.5.